The van der Waals surface area contributed by atoms with Crippen molar-refractivity contribution >= 4 is 28.9 Å². The molecule has 1 aliphatic rings. The van der Waals surface area contributed by atoms with E-state index in [1.54, 1.807) is 4.68 Å². The van der Waals surface area contributed by atoms with Crippen LogP contribution in [0.1, 0.15) is 52.2 Å². The number of hydrogen-bond acceptors (Lipinski definition) is 7. The van der Waals surface area contributed by atoms with Gasteiger partial charge in [0.1, 0.15) is 10.8 Å². The van der Waals surface area contributed by atoms with Gasteiger partial charge in [0.05, 0.1) is 16.8 Å². The molecule has 1 aromatic carbocycles. The van der Waals surface area contributed by atoms with E-state index in [0.29, 0.717) is 34.9 Å². The number of carboxylic acids is 1. The molecule has 4 rings (SSSR count). The Labute approximate surface area is 215 Å². The summed E-state index contributed by atoms with van der Waals surface area (Å²) >= 11 is 7.82. The number of aryl methyl sites for hydroxylation is 1. The third-order valence-corrected chi connectivity index (χ3v) is 6.55. The van der Waals surface area contributed by atoms with E-state index in [-0.39, 0.29) is 32.8 Å². The zero-order valence-corrected chi connectivity index (χ0v) is 20.6. The van der Waals surface area contributed by atoms with Crippen LogP contribution in [0.2, 0.25) is 5.02 Å². The van der Waals surface area contributed by atoms with E-state index >= 15 is 0 Å². The summed E-state index contributed by atoms with van der Waals surface area (Å²) in [5.41, 5.74) is 3.07. The SMILES string of the molecule is CC(C)Oc1ccc(-c2nnc(-n3cc4c(n3)CNC(CCCC(=O)O)CC4)s2)cc1Cl.[H-].[Li+]. The Morgan fingerprint density at radius 1 is 1.42 bits per heavy atom. The van der Waals surface area contributed by atoms with Crippen molar-refractivity contribution in [2.75, 3.05) is 0 Å². The third-order valence-electron chi connectivity index (χ3n) is 5.29. The van der Waals surface area contributed by atoms with Gasteiger partial charge in [0.25, 0.3) is 0 Å². The van der Waals surface area contributed by atoms with E-state index < -0.39 is 5.97 Å². The molecule has 0 amide bonds. The van der Waals surface area contributed by atoms with Gasteiger partial charge in [0.15, 0.2) is 0 Å². The van der Waals surface area contributed by atoms with Gasteiger partial charge in [-0.3, -0.25) is 4.79 Å². The van der Waals surface area contributed by atoms with Gasteiger partial charge in [0, 0.05) is 30.8 Å². The van der Waals surface area contributed by atoms with Crippen molar-refractivity contribution in [2.45, 2.75) is 64.6 Å². The number of nitrogens with zero attached hydrogens (tertiary/aromatic N) is 4. The van der Waals surface area contributed by atoms with E-state index in [2.05, 4.69) is 15.5 Å². The summed E-state index contributed by atoms with van der Waals surface area (Å²) in [5.74, 6) is -0.0866. The van der Waals surface area contributed by atoms with Crippen molar-refractivity contribution < 1.29 is 34.9 Å². The molecule has 0 saturated carbocycles. The molecule has 0 saturated heterocycles. The summed E-state index contributed by atoms with van der Waals surface area (Å²) < 4.78 is 7.48. The molecule has 2 N–H and O–H groups in total. The molecular formula is C22H27ClLiN5O3S. The van der Waals surface area contributed by atoms with Crippen LogP contribution in [-0.2, 0) is 17.8 Å². The molecule has 0 spiro atoms. The average molecular weight is 484 g/mol. The van der Waals surface area contributed by atoms with E-state index in [1.165, 1.54) is 16.9 Å². The zero-order valence-electron chi connectivity index (χ0n) is 20.0. The first-order valence-electron chi connectivity index (χ1n) is 10.7. The summed E-state index contributed by atoms with van der Waals surface area (Å²) in [4.78, 5) is 10.7. The number of halogens is 1. The van der Waals surface area contributed by atoms with Crippen LogP contribution in [0, 0.1) is 0 Å². The summed E-state index contributed by atoms with van der Waals surface area (Å²) in [5, 5.41) is 27.7. The number of aliphatic carboxylic acids is 1. The summed E-state index contributed by atoms with van der Waals surface area (Å²) in [7, 11) is 0. The molecule has 2 aromatic heterocycles. The van der Waals surface area contributed by atoms with Crippen LogP contribution in [0.15, 0.2) is 24.4 Å². The number of rotatable bonds is 8. The van der Waals surface area contributed by atoms with Gasteiger partial charge in [-0.05, 0) is 63.3 Å². The van der Waals surface area contributed by atoms with Crippen molar-refractivity contribution in [3.05, 3.63) is 40.7 Å². The molecule has 0 fully saturated rings. The second-order valence-corrected chi connectivity index (χ2v) is 9.51. The minimum Gasteiger partial charge on any atom is -1.00 e. The molecule has 172 valence electrons. The van der Waals surface area contributed by atoms with Gasteiger partial charge >= 0.3 is 24.8 Å². The fraction of sp³-hybridized carbons (Fsp3) is 0.455. The predicted molar refractivity (Wildman–Crippen MR) is 125 cm³/mol. The van der Waals surface area contributed by atoms with Crippen LogP contribution >= 0.6 is 22.9 Å². The molecule has 1 unspecified atom stereocenters. The number of nitrogens with one attached hydrogen (secondary N) is 1. The Balaban J connectivity index is 0.00000204. The number of carbonyl (C=O) groups is 1. The maximum atomic E-state index is 10.7. The van der Waals surface area contributed by atoms with Gasteiger partial charge in [-0.15, -0.1) is 10.2 Å². The average Bonchev–Trinajstić information content (AvgIpc) is 3.34. The smallest absolute Gasteiger partial charge is 1.00 e. The van der Waals surface area contributed by atoms with Crippen LogP contribution < -0.4 is 28.9 Å². The van der Waals surface area contributed by atoms with Crippen LogP contribution in [0.3, 0.4) is 0 Å². The van der Waals surface area contributed by atoms with Crippen molar-refractivity contribution in [3.8, 4) is 21.5 Å². The molecule has 0 bridgehead atoms. The number of hydrogen-bond donors (Lipinski definition) is 2. The molecule has 0 radical (unpaired) electrons. The molecular weight excluding hydrogens is 457 g/mol. The molecule has 8 nitrogen and oxygen atoms in total. The van der Waals surface area contributed by atoms with Crippen LogP contribution in [0.4, 0.5) is 0 Å². The Hall–Kier alpha value is -1.89. The van der Waals surface area contributed by atoms with E-state index in [4.69, 9.17) is 26.5 Å². The number of aromatic nitrogens is 4. The molecule has 1 aliphatic heterocycles. The maximum absolute atomic E-state index is 10.7. The molecule has 3 heterocycles. The standard InChI is InChI=1S/C22H26ClN5O3S.Li.H/c1-13(2)31-19-9-7-14(10-17(19)23)21-25-26-22(32-21)28-12-15-6-8-16(4-3-5-20(29)30)24-11-18(15)27-28;;/h7,9-10,12-13,16,24H,3-6,8,11H2,1-2H3,(H,29,30);;/q;+1;-1. The molecule has 1 atom stereocenters. The van der Waals surface area contributed by atoms with Crippen LogP contribution in [-0.4, -0.2) is 43.2 Å². The summed E-state index contributed by atoms with van der Waals surface area (Å²) in [6.45, 7) is 4.59. The number of benzene rings is 1. The predicted octanol–water partition coefficient (Wildman–Crippen LogP) is 1.61. The minimum absolute atomic E-state index is 0. The maximum Gasteiger partial charge on any atom is 1.00 e. The van der Waals surface area contributed by atoms with E-state index in [9.17, 15) is 4.79 Å². The Kier molecular flexibility index (Phi) is 8.96. The monoisotopic (exact) mass is 483 g/mol. The molecule has 33 heavy (non-hydrogen) atoms. The second kappa shape index (κ2) is 11.5. The normalized spacial score (nSPS) is 15.6. The van der Waals surface area contributed by atoms with Gasteiger partial charge in [-0.25, -0.2) is 4.68 Å². The van der Waals surface area contributed by atoms with Gasteiger partial charge in [0.2, 0.25) is 5.13 Å². The third kappa shape index (κ3) is 6.58. The zero-order chi connectivity index (χ0) is 22.7. The number of ether oxygens (including phenoxy) is 1. The quantitative estimate of drug-likeness (QED) is 0.469. The fourth-order valence-electron chi connectivity index (χ4n) is 3.73. The first kappa shape index (κ1) is 25.7. The Bertz CT molecular complexity index is 1080. The van der Waals surface area contributed by atoms with Crippen molar-refractivity contribution in [1.29, 1.82) is 0 Å². The Morgan fingerprint density at radius 2 is 2.24 bits per heavy atom. The van der Waals surface area contributed by atoms with Gasteiger partial charge in [-0.2, -0.15) is 5.10 Å². The second-order valence-electron chi connectivity index (χ2n) is 8.15. The van der Waals surface area contributed by atoms with Crippen molar-refractivity contribution in [2.24, 2.45) is 0 Å². The first-order valence-corrected chi connectivity index (χ1v) is 11.9. The topological polar surface area (TPSA) is 102 Å². The fourth-order valence-corrected chi connectivity index (χ4v) is 4.72. The first-order chi connectivity index (χ1) is 15.4. The van der Waals surface area contributed by atoms with Crippen LogP contribution in [0.25, 0.3) is 15.7 Å². The molecule has 0 aliphatic carbocycles. The van der Waals surface area contributed by atoms with E-state index in [1.807, 2.05) is 38.2 Å². The Morgan fingerprint density at radius 3 is 2.97 bits per heavy atom. The molecule has 11 heteroatoms. The van der Waals surface area contributed by atoms with Gasteiger partial charge < -0.3 is 16.6 Å². The number of fused-ring (bicyclic) bond motifs is 1. The largest absolute Gasteiger partial charge is 1.00 e. The summed E-state index contributed by atoms with van der Waals surface area (Å²) in [6.07, 6.45) is 5.70. The van der Waals surface area contributed by atoms with Crippen molar-refractivity contribution in [1.82, 2.24) is 25.3 Å². The molecule has 3 aromatic rings. The van der Waals surface area contributed by atoms with Crippen LogP contribution in [0.5, 0.6) is 5.75 Å². The van der Waals surface area contributed by atoms with Gasteiger partial charge in [-0.1, -0.05) is 22.9 Å². The van der Waals surface area contributed by atoms with E-state index in [0.717, 1.165) is 35.5 Å². The minimum atomic E-state index is -0.739. The summed E-state index contributed by atoms with van der Waals surface area (Å²) in [6, 6.07) is 5.95. The van der Waals surface area contributed by atoms with Crippen molar-refractivity contribution in [3.63, 3.8) is 0 Å². The number of carboxylic acid groups (broad SMARTS) is 1.